The van der Waals surface area contributed by atoms with E-state index in [-0.39, 0.29) is 5.41 Å². The number of hydrogen-bond donors (Lipinski definition) is 1. The highest BCUT2D eigenvalue weighted by atomic mass is 14.9. The van der Waals surface area contributed by atoms with Gasteiger partial charge in [-0.1, -0.05) is 33.6 Å². The number of nitrogens with one attached hydrogen (secondary N) is 1. The first-order valence-electron chi connectivity index (χ1n) is 7.21. The second kappa shape index (κ2) is 7.19. The maximum atomic E-state index is 3.40. The predicted molar refractivity (Wildman–Crippen MR) is 82.5 cm³/mol. The Morgan fingerprint density at radius 1 is 1.06 bits per heavy atom. The Labute approximate surface area is 115 Å². The average Bonchev–Trinajstić information content (AvgIpc) is 2.11. The molecule has 0 aliphatic carbocycles. The van der Waals surface area contributed by atoms with Crippen LogP contribution in [0.3, 0.4) is 0 Å². The lowest BCUT2D eigenvalue weighted by molar-refractivity contribution is 0.279. The second-order valence-corrected chi connectivity index (χ2v) is 7.85. The van der Waals surface area contributed by atoms with Crippen LogP contribution in [-0.2, 0) is 0 Å². The van der Waals surface area contributed by atoms with Crippen LogP contribution in [0, 0.1) is 28.6 Å². The van der Waals surface area contributed by atoms with E-state index >= 15 is 0 Å². The van der Waals surface area contributed by atoms with Gasteiger partial charge in [0, 0.05) is 17.9 Å². The molecular weight excluding hydrogens is 218 g/mol. The zero-order valence-electron chi connectivity index (χ0n) is 13.8. The molecule has 106 valence electrons. The van der Waals surface area contributed by atoms with Crippen LogP contribution in [0.1, 0.15) is 67.7 Å². The van der Waals surface area contributed by atoms with Gasteiger partial charge in [-0.2, -0.15) is 0 Å². The molecule has 0 saturated carbocycles. The van der Waals surface area contributed by atoms with Gasteiger partial charge >= 0.3 is 0 Å². The molecule has 0 radical (unpaired) electrons. The summed E-state index contributed by atoms with van der Waals surface area (Å²) in [6.45, 7) is 15.8. The molecule has 0 aromatic carbocycles. The summed E-state index contributed by atoms with van der Waals surface area (Å²) in [5.74, 6) is 7.40. The third-order valence-corrected chi connectivity index (χ3v) is 2.87. The van der Waals surface area contributed by atoms with E-state index in [9.17, 15) is 0 Å². The normalized spacial score (nSPS) is 15.8. The highest BCUT2D eigenvalue weighted by Crippen LogP contribution is 2.27. The Hall–Kier alpha value is -0.480. The number of rotatable bonds is 5. The van der Waals surface area contributed by atoms with Crippen molar-refractivity contribution in [2.45, 2.75) is 73.8 Å². The minimum Gasteiger partial charge on any atom is -0.316 e. The monoisotopic (exact) mass is 251 g/mol. The molecule has 0 saturated heterocycles. The van der Waals surface area contributed by atoms with Crippen molar-refractivity contribution in [1.82, 2.24) is 5.32 Å². The average molecular weight is 251 g/mol. The molecule has 0 aromatic rings. The van der Waals surface area contributed by atoms with E-state index in [1.54, 1.807) is 0 Å². The Kier molecular flexibility index (Phi) is 7.00. The minimum atomic E-state index is 0.120. The molecular formula is C17H33N. The van der Waals surface area contributed by atoms with Gasteiger partial charge in [-0.25, -0.2) is 0 Å². The topological polar surface area (TPSA) is 12.0 Å². The number of hydrogen-bond acceptors (Lipinski definition) is 1. The summed E-state index contributed by atoms with van der Waals surface area (Å²) in [4.78, 5) is 0. The standard InChI is InChI=1S/C17H33N/c1-14(13-17(5,6)7)12-15(18-8)10-9-11-16(2,3)4/h14-15,18H,10,12-13H2,1-8H3. The Morgan fingerprint density at radius 3 is 2.00 bits per heavy atom. The quantitative estimate of drug-likeness (QED) is 0.711. The lowest BCUT2D eigenvalue weighted by Crippen LogP contribution is -2.28. The lowest BCUT2D eigenvalue weighted by Gasteiger charge is -2.26. The van der Waals surface area contributed by atoms with Crippen LogP contribution in [0.4, 0.5) is 0 Å². The van der Waals surface area contributed by atoms with Gasteiger partial charge in [-0.3, -0.25) is 0 Å². The van der Waals surface area contributed by atoms with Crippen molar-refractivity contribution in [2.75, 3.05) is 7.05 Å². The van der Waals surface area contributed by atoms with Crippen LogP contribution in [0.25, 0.3) is 0 Å². The summed E-state index contributed by atoms with van der Waals surface area (Å²) >= 11 is 0. The van der Waals surface area contributed by atoms with Crippen molar-refractivity contribution < 1.29 is 0 Å². The first kappa shape index (κ1) is 17.5. The van der Waals surface area contributed by atoms with Crippen LogP contribution in [0.15, 0.2) is 0 Å². The fourth-order valence-corrected chi connectivity index (χ4v) is 2.36. The van der Waals surface area contributed by atoms with Crippen LogP contribution >= 0.6 is 0 Å². The highest BCUT2D eigenvalue weighted by molar-refractivity contribution is 5.08. The maximum absolute atomic E-state index is 3.40. The lowest BCUT2D eigenvalue weighted by atomic mass is 9.82. The molecule has 1 N–H and O–H groups in total. The van der Waals surface area contributed by atoms with Crippen molar-refractivity contribution in [3.63, 3.8) is 0 Å². The molecule has 0 aliphatic heterocycles. The molecule has 2 atom stereocenters. The molecule has 0 rings (SSSR count). The van der Waals surface area contributed by atoms with E-state index in [0.717, 1.165) is 12.3 Å². The summed E-state index contributed by atoms with van der Waals surface area (Å²) in [5.41, 5.74) is 0.546. The molecule has 0 heterocycles. The van der Waals surface area contributed by atoms with Crippen LogP contribution in [0.5, 0.6) is 0 Å². The minimum absolute atomic E-state index is 0.120. The smallest absolute Gasteiger partial charge is 0.0243 e. The molecule has 0 bridgehead atoms. The van der Waals surface area contributed by atoms with Crippen molar-refractivity contribution in [2.24, 2.45) is 16.7 Å². The molecule has 1 heteroatoms. The van der Waals surface area contributed by atoms with E-state index in [0.29, 0.717) is 11.5 Å². The van der Waals surface area contributed by atoms with Gasteiger partial charge in [-0.15, -0.1) is 5.92 Å². The SMILES string of the molecule is CNC(CC#CC(C)(C)C)CC(C)CC(C)(C)C. The second-order valence-electron chi connectivity index (χ2n) is 7.85. The molecule has 1 nitrogen and oxygen atoms in total. The molecule has 0 amide bonds. The summed E-state index contributed by atoms with van der Waals surface area (Å²) in [6.07, 6.45) is 3.45. The first-order chi connectivity index (χ1) is 8.03. The van der Waals surface area contributed by atoms with Crippen LogP contribution < -0.4 is 5.32 Å². The van der Waals surface area contributed by atoms with Gasteiger partial charge in [-0.05, 0) is 52.0 Å². The van der Waals surface area contributed by atoms with Crippen molar-refractivity contribution in [3.8, 4) is 11.8 Å². The summed E-state index contributed by atoms with van der Waals surface area (Å²) in [5, 5.41) is 3.40. The van der Waals surface area contributed by atoms with E-state index < -0.39 is 0 Å². The fraction of sp³-hybridized carbons (Fsp3) is 0.882. The van der Waals surface area contributed by atoms with Crippen LogP contribution in [0.2, 0.25) is 0 Å². The molecule has 0 fully saturated rings. The Bertz CT molecular complexity index is 279. The largest absolute Gasteiger partial charge is 0.316 e. The molecule has 18 heavy (non-hydrogen) atoms. The zero-order chi connectivity index (χ0) is 14.4. The third-order valence-electron chi connectivity index (χ3n) is 2.87. The van der Waals surface area contributed by atoms with Gasteiger partial charge < -0.3 is 5.32 Å². The summed E-state index contributed by atoms with van der Waals surface area (Å²) < 4.78 is 0. The molecule has 0 aliphatic rings. The third kappa shape index (κ3) is 10.7. The zero-order valence-corrected chi connectivity index (χ0v) is 13.8. The first-order valence-corrected chi connectivity index (χ1v) is 7.21. The van der Waals surface area contributed by atoms with E-state index in [2.05, 4.69) is 65.6 Å². The van der Waals surface area contributed by atoms with Gasteiger partial charge in [0.1, 0.15) is 0 Å². The maximum Gasteiger partial charge on any atom is 0.0243 e. The van der Waals surface area contributed by atoms with Crippen molar-refractivity contribution >= 4 is 0 Å². The van der Waals surface area contributed by atoms with Crippen LogP contribution in [-0.4, -0.2) is 13.1 Å². The molecule has 2 unspecified atom stereocenters. The van der Waals surface area contributed by atoms with E-state index in [1.165, 1.54) is 12.8 Å². The molecule has 0 aromatic heterocycles. The predicted octanol–water partition coefficient (Wildman–Crippen LogP) is 4.48. The summed E-state index contributed by atoms with van der Waals surface area (Å²) in [7, 11) is 2.05. The Morgan fingerprint density at radius 2 is 1.61 bits per heavy atom. The van der Waals surface area contributed by atoms with E-state index in [4.69, 9.17) is 0 Å². The van der Waals surface area contributed by atoms with Gasteiger partial charge in [0.2, 0.25) is 0 Å². The van der Waals surface area contributed by atoms with Gasteiger partial charge in [0.25, 0.3) is 0 Å². The Balaban J connectivity index is 4.22. The molecule has 0 spiro atoms. The highest BCUT2D eigenvalue weighted by Gasteiger charge is 2.18. The van der Waals surface area contributed by atoms with E-state index in [1.807, 2.05) is 7.05 Å². The summed E-state index contributed by atoms with van der Waals surface area (Å²) in [6, 6.07) is 0.525. The van der Waals surface area contributed by atoms with Crippen molar-refractivity contribution in [3.05, 3.63) is 0 Å². The van der Waals surface area contributed by atoms with Gasteiger partial charge in [0.05, 0.1) is 0 Å². The van der Waals surface area contributed by atoms with Gasteiger partial charge in [0.15, 0.2) is 0 Å². The van der Waals surface area contributed by atoms with Crippen molar-refractivity contribution in [1.29, 1.82) is 0 Å². The fourth-order valence-electron chi connectivity index (χ4n) is 2.36.